The fraction of sp³-hybridized carbons (Fsp3) is 0.900. The van der Waals surface area contributed by atoms with Crippen LogP contribution < -0.4 is 5.32 Å². The summed E-state index contributed by atoms with van der Waals surface area (Å²) < 4.78 is 5.03. The number of nitrogens with zero attached hydrogens (tertiary/aromatic N) is 1. The highest BCUT2D eigenvalue weighted by molar-refractivity contribution is 8.13. The monoisotopic (exact) mass is 216 g/mol. The first-order valence-electron chi connectivity index (χ1n) is 5.15. The van der Waals surface area contributed by atoms with E-state index in [0.29, 0.717) is 6.04 Å². The summed E-state index contributed by atoms with van der Waals surface area (Å²) in [5.41, 5.74) is 0. The van der Waals surface area contributed by atoms with Gasteiger partial charge in [-0.1, -0.05) is 18.7 Å². The van der Waals surface area contributed by atoms with Crippen LogP contribution in [0.5, 0.6) is 0 Å². The molecule has 0 aromatic carbocycles. The second-order valence-electron chi connectivity index (χ2n) is 3.89. The Labute approximate surface area is 90.7 Å². The van der Waals surface area contributed by atoms with Crippen LogP contribution in [0.3, 0.4) is 0 Å². The smallest absolute Gasteiger partial charge is 0.156 e. The van der Waals surface area contributed by atoms with Gasteiger partial charge in [0, 0.05) is 32.1 Å². The molecule has 1 aliphatic heterocycles. The van der Waals surface area contributed by atoms with Gasteiger partial charge in [-0.25, -0.2) is 0 Å². The lowest BCUT2D eigenvalue weighted by atomic mass is 10.2. The number of nitrogens with one attached hydrogen (secondary N) is 1. The molecule has 3 nitrogen and oxygen atoms in total. The van der Waals surface area contributed by atoms with Crippen molar-refractivity contribution in [2.45, 2.75) is 26.3 Å². The molecular formula is C10H20N2OS. The zero-order valence-electron chi connectivity index (χ0n) is 9.25. The largest absolute Gasteiger partial charge is 0.385 e. The van der Waals surface area contributed by atoms with E-state index in [9.17, 15) is 0 Å². The van der Waals surface area contributed by atoms with Crippen LogP contribution in [0.4, 0.5) is 0 Å². The number of hydrogen-bond acceptors (Lipinski definition) is 4. The van der Waals surface area contributed by atoms with Crippen LogP contribution in [0.15, 0.2) is 4.99 Å². The van der Waals surface area contributed by atoms with Gasteiger partial charge >= 0.3 is 0 Å². The van der Waals surface area contributed by atoms with Crippen molar-refractivity contribution in [1.82, 2.24) is 5.32 Å². The van der Waals surface area contributed by atoms with E-state index < -0.39 is 0 Å². The molecule has 1 rings (SSSR count). The molecular weight excluding hydrogens is 196 g/mol. The maximum atomic E-state index is 5.03. The minimum Gasteiger partial charge on any atom is -0.385 e. The first kappa shape index (κ1) is 11.9. The van der Waals surface area contributed by atoms with Crippen LogP contribution >= 0.6 is 11.8 Å². The summed E-state index contributed by atoms with van der Waals surface area (Å²) in [6, 6.07) is 0.453. The molecule has 0 spiro atoms. The average Bonchev–Trinajstić information content (AvgIpc) is 2.18. The van der Waals surface area contributed by atoms with Crippen molar-refractivity contribution in [3.05, 3.63) is 0 Å². The zero-order chi connectivity index (χ0) is 10.4. The van der Waals surface area contributed by atoms with E-state index in [1.54, 1.807) is 7.11 Å². The Morgan fingerprint density at radius 2 is 2.50 bits per heavy atom. The number of thioether (sulfide) groups is 1. The number of aliphatic imine (C=N–C) groups is 1. The minimum atomic E-state index is 0.453. The van der Waals surface area contributed by atoms with Gasteiger partial charge < -0.3 is 10.1 Å². The molecule has 4 heteroatoms. The zero-order valence-corrected chi connectivity index (χ0v) is 10.1. The highest BCUT2D eigenvalue weighted by Gasteiger charge is 2.13. The second-order valence-corrected chi connectivity index (χ2v) is 4.90. The van der Waals surface area contributed by atoms with Gasteiger partial charge in [0.2, 0.25) is 0 Å². The molecule has 0 aromatic heterocycles. The van der Waals surface area contributed by atoms with E-state index in [-0.39, 0.29) is 0 Å². The third-order valence-electron chi connectivity index (χ3n) is 2.18. The van der Waals surface area contributed by atoms with Crippen LogP contribution in [-0.4, -0.2) is 37.2 Å². The molecule has 1 heterocycles. The third-order valence-corrected chi connectivity index (χ3v) is 3.43. The van der Waals surface area contributed by atoms with E-state index in [0.717, 1.165) is 30.7 Å². The lowest BCUT2D eigenvalue weighted by Crippen LogP contribution is -2.34. The van der Waals surface area contributed by atoms with Gasteiger partial charge in [-0.15, -0.1) is 0 Å². The van der Waals surface area contributed by atoms with E-state index in [1.165, 1.54) is 5.75 Å². The SMILES string of the molecule is COCCC(C)NC1=NCC(C)CS1. The molecule has 0 amide bonds. The molecule has 0 radical (unpaired) electrons. The summed E-state index contributed by atoms with van der Waals surface area (Å²) >= 11 is 1.83. The average molecular weight is 216 g/mol. The minimum absolute atomic E-state index is 0.453. The van der Waals surface area contributed by atoms with Gasteiger partial charge in [0.15, 0.2) is 5.17 Å². The molecule has 1 aliphatic rings. The van der Waals surface area contributed by atoms with E-state index >= 15 is 0 Å². The Morgan fingerprint density at radius 3 is 3.07 bits per heavy atom. The molecule has 0 fully saturated rings. The predicted octanol–water partition coefficient (Wildman–Crippen LogP) is 1.74. The number of amidine groups is 1. The summed E-state index contributed by atoms with van der Waals surface area (Å²) in [5, 5.41) is 4.51. The number of rotatable bonds is 4. The summed E-state index contributed by atoms with van der Waals surface area (Å²) in [7, 11) is 1.74. The van der Waals surface area contributed by atoms with Crippen molar-refractivity contribution in [2.24, 2.45) is 10.9 Å². The van der Waals surface area contributed by atoms with Crippen LogP contribution in [0.25, 0.3) is 0 Å². The fourth-order valence-corrected chi connectivity index (χ4v) is 2.22. The van der Waals surface area contributed by atoms with Gasteiger partial charge in [-0.05, 0) is 19.3 Å². The first-order chi connectivity index (χ1) is 6.72. The second kappa shape index (κ2) is 6.30. The number of ether oxygens (including phenoxy) is 1. The Hall–Kier alpha value is -0.220. The summed E-state index contributed by atoms with van der Waals surface area (Å²) in [6.07, 6.45) is 1.03. The van der Waals surface area contributed by atoms with Gasteiger partial charge in [0.25, 0.3) is 0 Å². The third kappa shape index (κ3) is 4.33. The van der Waals surface area contributed by atoms with Gasteiger partial charge in [-0.3, -0.25) is 4.99 Å². The lowest BCUT2D eigenvalue weighted by molar-refractivity contribution is 0.187. The molecule has 1 N–H and O–H groups in total. The van der Waals surface area contributed by atoms with Crippen molar-refractivity contribution in [2.75, 3.05) is 26.0 Å². The Bertz CT molecular complexity index is 197. The molecule has 14 heavy (non-hydrogen) atoms. The standard InChI is InChI=1S/C10H20N2OS/c1-8-6-11-10(14-7-8)12-9(2)4-5-13-3/h8-9H,4-7H2,1-3H3,(H,11,12). The van der Waals surface area contributed by atoms with Crippen molar-refractivity contribution < 1.29 is 4.74 Å². The number of methoxy groups -OCH3 is 1. The molecule has 0 saturated heterocycles. The predicted molar refractivity (Wildman–Crippen MR) is 63.0 cm³/mol. The molecule has 0 aliphatic carbocycles. The van der Waals surface area contributed by atoms with Gasteiger partial charge in [0.1, 0.15) is 0 Å². The lowest BCUT2D eigenvalue weighted by Gasteiger charge is -2.21. The molecule has 0 saturated carbocycles. The molecule has 82 valence electrons. The maximum Gasteiger partial charge on any atom is 0.156 e. The first-order valence-corrected chi connectivity index (χ1v) is 6.13. The summed E-state index contributed by atoms with van der Waals surface area (Å²) in [6.45, 7) is 6.18. The van der Waals surface area contributed by atoms with Crippen LogP contribution in [0.1, 0.15) is 20.3 Å². The maximum absolute atomic E-state index is 5.03. The quantitative estimate of drug-likeness (QED) is 0.777. The highest BCUT2D eigenvalue weighted by atomic mass is 32.2. The van der Waals surface area contributed by atoms with Crippen molar-refractivity contribution >= 4 is 16.9 Å². The Balaban J connectivity index is 2.23. The van der Waals surface area contributed by atoms with E-state index in [1.807, 2.05) is 11.8 Å². The van der Waals surface area contributed by atoms with Crippen molar-refractivity contribution in [3.8, 4) is 0 Å². The fourth-order valence-electron chi connectivity index (χ4n) is 1.22. The molecule has 2 atom stereocenters. The normalized spacial score (nSPS) is 24.2. The van der Waals surface area contributed by atoms with Gasteiger partial charge in [0.05, 0.1) is 0 Å². The van der Waals surface area contributed by atoms with Crippen LogP contribution in [0, 0.1) is 5.92 Å². The summed E-state index contributed by atoms with van der Waals surface area (Å²) in [5.74, 6) is 1.91. The van der Waals surface area contributed by atoms with Crippen LogP contribution in [0.2, 0.25) is 0 Å². The molecule has 0 bridgehead atoms. The van der Waals surface area contributed by atoms with Crippen molar-refractivity contribution in [1.29, 1.82) is 0 Å². The van der Waals surface area contributed by atoms with Crippen molar-refractivity contribution in [3.63, 3.8) is 0 Å². The molecule has 2 unspecified atom stereocenters. The topological polar surface area (TPSA) is 33.6 Å². The Kier molecular flexibility index (Phi) is 5.33. The Morgan fingerprint density at radius 1 is 1.71 bits per heavy atom. The molecule has 0 aromatic rings. The van der Waals surface area contributed by atoms with E-state index in [4.69, 9.17) is 4.74 Å². The number of hydrogen-bond donors (Lipinski definition) is 1. The van der Waals surface area contributed by atoms with Gasteiger partial charge in [-0.2, -0.15) is 0 Å². The summed E-state index contributed by atoms with van der Waals surface area (Å²) in [4.78, 5) is 4.49. The highest BCUT2D eigenvalue weighted by Crippen LogP contribution is 2.16. The van der Waals surface area contributed by atoms with E-state index in [2.05, 4.69) is 24.2 Å². The van der Waals surface area contributed by atoms with Crippen LogP contribution in [-0.2, 0) is 4.74 Å².